The SMILES string of the molecule is O=C(Cc1ccccc1C(F)(F)F)C1CC2CCC(C1)N2. The van der Waals surface area contributed by atoms with Gasteiger partial charge < -0.3 is 5.32 Å². The Hall–Kier alpha value is -1.36. The summed E-state index contributed by atoms with van der Waals surface area (Å²) in [5.74, 6) is -0.143. The van der Waals surface area contributed by atoms with Gasteiger partial charge in [-0.15, -0.1) is 0 Å². The Kier molecular flexibility index (Phi) is 3.78. The first-order valence-electron chi connectivity index (χ1n) is 7.37. The van der Waals surface area contributed by atoms with E-state index in [2.05, 4.69) is 5.32 Å². The highest BCUT2D eigenvalue weighted by Crippen LogP contribution is 2.35. The molecule has 2 aliphatic rings. The summed E-state index contributed by atoms with van der Waals surface area (Å²) >= 11 is 0. The number of halogens is 3. The van der Waals surface area contributed by atoms with E-state index in [-0.39, 0.29) is 23.7 Å². The third-order valence-corrected chi connectivity index (χ3v) is 4.62. The Bertz CT molecular complexity index is 529. The van der Waals surface area contributed by atoms with Crippen molar-refractivity contribution in [1.29, 1.82) is 0 Å². The van der Waals surface area contributed by atoms with Gasteiger partial charge in [-0.05, 0) is 37.3 Å². The first-order chi connectivity index (χ1) is 9.93. The van der Waals surface area contributed by atoms with E-state index >= 15 is 0 Å². The molecule has 1 aromatic carbocycles. The van der Waals surface area contributed by atoms with Gasteiger partial charge in [0, 0.05) is 24.4 Å². The molecule has 2 saturated heterocycles. The quantitative estimate of drug-likeness (QED) is 0.927. The molecule has 1 aromatic rings. The maximum Gasteiger partial charge on any atom is 0.416 e. The molecule has 5 heteroatoms. The molecule has 114 valence electrons. The number of Topliss-reactive ketones (excluding diaryl/α,β-unsaturated/α-hetero) is 1. The zero-order valence-corrected chi connectivity index (χ0v) is 11.6. The van der Waals surface area contributed by atoms with Crippen molar-refractivity contribution in [3.8, 4) is 0 Å². The van der Waals surface area contributed by atoms with Gasteiger partial charge in [0.1, 0.15) is 5.78 Å². The molecule has 0 spiro atoms. The fraction of sp³-hybridized carbons (Fsp3) is 0.562. The number of fused-ring (bicyclic) bond motifs is 2. The summed E-state index contributed by atoms with van der Waals surface area (Å²) in [5, 5.41) is 3.44. The normalized spacial score (nSPS) is 28.6. The number of rotatable bonds is 3. The lowest BCUT2D eigenvalue weighted by molar-refractivity contribution is -0.138. The van der Waals surface area contributed by atoms with Crippen LogP contribution in [0.2, 0.25) is 0 Å². The van der Waals surface area contributed by atoms with Crippen LogP contribution in [0.5, 0.6) is 0 Å². The van der Waals surface area contributed by atoms with Crippen LogP contribution in [0.25, 0.3) is 0 Å². The predicted octanol–water partition coefficient (Wildman–Crippen LogP) is 3.35. The Morgan fingerprint density at radius 2 is 1.76 bits per heavy atom. The minimum Gasteiger partial charge on any atom is -0.311 e. The molecular weight excluding hydrogens is 279 g/mol. The van der Waals surface area contributed by atoms with E-state index in [0.717, 1.165) is 31.7 Å². The second kappa shape index (κ2) is 5.44. The molecular formula is C16H18F3NO. The molecule has 0 amide bonds. The zero-order chi connectivity index (χ0) is 15.0. The summed E-state index contributed by atoms with van der Waals surface area (Å²) < 4.78 is 38.9. The maximum atomic E-state index is 13.0. The Morgan fingerprint density at radius 1 is 1.14 bits per heavy atom. The van der Waals surface area contributed by atoms with Crippen LogP contribution in [0.15, 0.2) is 24.3 Å². The van der Waals surface area contributed by atoms with Crippen LogP contribution in [-0.4, -0.2) is 17.9 Å². The summed E-state index contributed by atoms with van der Waals surface area (Å²) in [4.78, 5) is 12.4. The molecule has 0 radical (unpaired) electrons. The van der Waals surface area contributed by atoms with Gasteiger partial charge in [-0.2, -0.15) is 13.2 Å². The average molecular weight is 297 g/mol. The van der Waals surface area contributed by atoms with Gasteiger partial charge in [0.15, 0.2) is 0 Å². The molecule has 0 aromatic heterocycles. The number of carbonyl (C=O) groups is 1. The molecule has 2 unspecified atom stereocenters. The number of hydrogen-bond acceptors (Lipinski definition) is 2. The van der Waals surface area contributed by atoms with E-state index in [1.54, 1.807) is 6.07 Å². The maximum absolute atomic E-state index is 13.0. The third-order valence-electron chi connectivity index (χ3n) is 4.62. The van der Waals surface area contributed by atoms with Crippen LogP contribution in [0.4, 0.5) is 13.2 Å². The van der Waals surface area contributed by atoms with E-state index < -0.39 is 11.7 Å². The van der Waals surface area contributed by atoms with Crippen molar-refractivity contribution in [3.63, 3.8) is 0 Å². The fourth-order valence-electron chi connectivity index (χ4n) is 3.60. The van der Waals surface area contributed by atoms with Crippen molar-refractivity contribution in [2.24, 2.45) is 5.92 Å². The summed E-state index contributed by atoms with van der Waals surface area (Å²) in [6.07, 6.45) is -0.821. The highest BCUT2D eigenvalue weighted by atomic mass is 19.4. The molecule has 3 rings (SSSR count). The van der Waals surface area contributed by atoms with Gasteiger partial charge in [0.25, 0.3) is 0 Å². The standard InChI is InChI=1S/C16H18F3NO/c17-16(18,19)14-4-2-1-3-10(14)9-15(21)11-7-12-5-6-13(8-11)20-12/h1-4,11-13,20H,5-9H2. The van der Waals surface area contributed by atoms with Gasteiger partial charge in [-0.3, -0.25) is 4.79 Å². The van der Waals surface area contributed by atoms with Gasteiger partial charge in [0.2, 0.25) is 0 Å². The molecule has 21 heavy (non-hydrogen) atoms. The number of benzene rings is 1. The summed E-state index contributed by atoms with van der Waals surface area (Å²) in [5.41, 5.74) is -0.587. The number of hydrogen-bond donors (Lipinski definition) is 1. The molecule has 0 saturated carbocycles. The smallest absolute Gasteiger partial charge is 0.311 e. The Morgan fingerprint density at radius 3 is 2.38 bits per heavy atom. The van der Waals surface area contributed by atoms with Gasteiger partial charge in [-0.1, -0.05) is 18.2 Å². The number of nitrogens with one attached hydrogen (secondary N) is 1. The largest absolute Gasteiger partial charge is 0.416 e. The van der Waals surface area contributed by atoms with E-state index in [9.17, 15) is 18.0 Å². The molecule has 2 aliphatic heterocycles. The monoisotopic (exact) mass is 297 g/mol. The molecule has 2 atom stereocenters. The third kappa shape index (κ3) is 3.12. The van der Waals surface area contributed by atoms with E-state index in [1.807, 2.05) is 0 Å². The van der Waals surface area contributed by atoms with E-state index in [0.29, 0.717) is 12.1 Å². The second-order valence-electron chi connectivity index (χ2n) is 6.10. The van der Waals surface area contributed by atoms with Crippen molar-refractivity contribution in [2.75, 3.05) is 0 Å². The van der Waals surface area contributed by atoms with Crippen molar-refractivity contribution in [2.45, 2.75) is 50.4 Å². The Balaban J connectivity index is 1.73. The molecule has 2 heterocycles. The van der Waals surface area contributed by atoms with Crippen LogP contribution in [0, 0.1) is 5.92 Å². The van der Waals surface area contributed by atoms with E-state index in [1.165, 1.54) is 12.1 Å². The Labute approximate surface area is 121 Å². The molecule has 2 nitrogen and oxygen atoms in total. The van der Waals surface area contributed by atoms with Crippen LogP contribution < -0.4 is 5.32 Å². The first-order valence-corrected chi connectivity index (χ1v) is 7.37. The minimum atomic E-state index is -4.40. The molecule has 2 fully saturated rings. The topological polar surface area (TPSA) is 29.1 Å². The van der Waals surface area contributed by atoms with Crippen LogP contribution >= 0.6 is 0 Å². The van der Waals surface area contributed by atoms with Crippen molar-refractivity contribution in [1.82, 2.24) is 5.32 Å². The zero-order valence-electron chi connectivity index (χ0n) is 11.6. The highest BCUT2D eigenvalue weighted by molar-refractivity contribution is 5.84. The van der Waals surface area contributed by atoms with Crippen molar-refractivity contribution in [3.05, 3.63) is 35.4 Å². The summed E-state index contributed by atoms with van der Waals surface area (Å²) in [6, 6.07) is 6.13. The van der Waals surface area contributed by atoms with Crippen molar-refractivity contribution >= 4 is 5.78 Å². The van der Waals surface area contributed by atoms with Crippen molar-refractivity contribution < 1.29 is 18.0 Å². The number of carbonyl (C=O) groups excluding carboxylic acids is 1. The molecule has 1 N–H and O–H groups in total. The lowest BCUT2D eigenvalue weighted by atomic mass is 9.85. The van der Waals surface area contributed by atoms with E-state index in [4.69, 9.17) is 0 Å². The van der Waals surface area contributed by atoms with Crippen LogP contribution in [0.3, 0.4) is 0 Å². The van der Waals surface area contributed by atoms with Gasteiger partial charge in [-0.25, -0.2) is 0 Å². The average Bonchev–Trinajstić information content (AvgIpc) is 2.76. The fourth-order valence-corrected chi connectivity index (χ4v) is 3.60. The number of ketones is 1. The predicted molar refractivity (Wildman–Crippen MR) is 72.8 cm³/mol. The summed E-state index contributed by atoms with van der Waals surface area (Å²) in [7, 11) is 0. The number of piperidine rings is 1. The minimum absolute atomic E-state index is 0.0508. The van der Waals surface area contributed by atoms with Crippen LogP contribution in [0.1, 0.15) is 36.8 Å². The second-order valence-corrected chi connectivity index (χ2v) is 6.10. The number of alkyl halides is 3. The van der Waals surface area contributed by atoms with Gasteiger partial charge in [0.05, 0.1) is 5.56 Å². The lowest BCUT2D eigenvalue weighted by Crippen LogP contribution is -2.41. The lowest BCUT2D eigenvalue weighted by Gasteiger charge is -2.28. The van der Waals surface area contributed by atoms with Gasteiger partial charge >= 0.3 is 6.18 Å². The molecule has 0 aliphatic carbocycles. The first kappa shape index (κ1) is 14.6. The van der Waals surface area contributed by atoms with Crippen LogP contribution in [-0.2, 0) is 17.4 Å². The highest BCUT2D eigenvalue weighted by Gasteiger charge is 2.38. The molecule has 2 bridgehead atoms. The summed E-state index contributed by atoms with van der Waals surface area (Å²) in [6.45, 7) is 0.